The lowest BCUT2D eigenvalue weighted by atomic mass is 9.78. The van der Waals surface area contributed by atoms with Gasteiger partial charge in [-0.3, -0.25) is 9.59 Å². The van der Waals surface area contributed by atoms with Crippen molar-refractivity contribution >= 4 is 11.8 Å². The monoisotopic (exact) mass is 406 g/mol. The number of carbonyl (C=O) groups is 2. The van der Waals surface area contributed by atoms with Crippen molar-refractivity contribution in [3.63, 3.8) is 0 Å². The molecule has 4 aliphatic rings. The third kappa shape index (κ3) is 5.52. The number of fused-ring (bicyclic) bond motifs is 1. The molecule has 29 heavy (non-hydrogen) atoms. The summed E-state index contributed by atoms with van der Waals surface area (Å²) in [5.74, 6) is 1.83. The average molecular weight is 407 g/mol. The first kappa shape index (κ1) is 21.1. The van der Waals surface area contributed by atoms with E-state index in [-0.39, 0.29) is 42.0 Å². The molecule has 2 aliphatic heterocycles. The van der Waals surface area contributed by atoms with E-state index in [1.807, 2.05) is 0 Å². The van der Waals surface area contributed by atoms with Crippen molar-refractivity contribution in [1.82, 2.24) is 10.6 Å². The Hall–Kier alpha value is -1.14. The van der Waals surface area contributed by atoms with E-state index in [1.54, 1.807) is 0 Å². The summed E-state index contributed by atoms with van der Waals surface area (Å²) in [6, 6.07) is -0.182. The van der Waals surface area contributed by atoms with Gasteiger partial charge in [-0.15, -0.1) is 0 Å². The average Bonchev–Trinajstić information content (AvgIpc) is 3.39. The molecule has 0 spiro atoms. The number of nitrogens with one attached hydrogen (secondary N) is 2. The molecule has 164 valence electrons. The highest BCUT2D eigenvalue weighted by Crippen LogP contribution is 2.34. The van der Waals surface area contributed by atoms with Crippen LogP contribution in [0.3, 0.4) is 0 Å². The van der Waals surface area contributed by atoms with Crippen LogP contribution >= 0.6 is 0 Å². The minimum atomic E-state index is -0.141. The van der Waals surface area contributed by atoms with Crippen LogP contribution in [0.2, 0.25) is 0 Å². The number of unbranched alkanes of at least 4 members (excludes halogenated alkanes) is 2. The van der Waals surface area contributed by atoms with Gasteiger partial charge in [0.05, 0.1) is 25.3 Å². The van der Waals surface area contributed by atoms with Gasteiger partial charge >= 0.3 is 0 Å². The molecule has 2 N–H and O–H groups in total. The van der Waals surface area contributed by atoms with Crippen molar-refractivity contribution in [2.45, 2.75) is 102 Å². The molecule has 2 heterocycles. The summed E-state index contributed by atoms with van der Waals surface area (Å²) in [4.78, 5) is 24.6. The lowest BCUT2D eigenvalue weighted by molar-refractivity contribution is -0.124. The highest BCUT2D eigenvalue weighted by molar-refractivity contribution is 5.81. The minimum Gasteiger partial charge on any atom is -0.371 e. The van der Waals surface area contributed by atoms with E-state index >= 15 is 0 Å². The van der Waals surface area contributed by atoms with Crippen LogP contribution in [0, 0.1) is 17.8 Å². The third-order valence-corrected chi connectivity index (χ3v) is 7.33. The highest BCUT2D eigenvalue weighted by atomic mass is 16.6. The van der Waals surface area contributed by atoms with Crippen LogP contribution in [0.1, 0.15) is 77.6 Å². The van der Waals surface area contributed by atoms with Crippen LogP contribution in [-0.2, 0) is 19.1 Å². The van der Waals surface area contributed by atoms with Crippen LogP contribution in [0.4, 0.5) is 0 Å². The normalized spacial score (nSPS) is 36.6. The minimum absolute atomic E-state index is 0.0852. The van der Waals surface area contributed by atoms with Gasteiger partial charge in [-0.25, -0.2) is 0 Å². The SMILES string of the molecule is CCCCCC1CCC(CC(=O)N[C@H]2CO[C@H]3[C@@H]2OC[C@@H]3NC(=O)C2CC2)CC1. The maximum Gasteiger partial charge on any atom is 0.223 e. The summed E-state index contributed by atoms with van der Waals surface area (Å²) in [5, 5.41) is 6.23. The van der Waals surface area contributed by atoms with Crippen LogP contribution in [0.15, 0.2) is 0 Å². The first-order chi connectivity index (χ1) is 14.1. The maximum absolute atomic E-state index is 12.6. The predicted molar refractivity (Wildman–Crippen MR) is 110 cm³/mol. The van der Waals surface area contributed by atoms with Crippen molar-refractivity contribution in [3.05, 3.63) is 0 Å². The fourth-order valence-corrected chi connectivity index (χ4v) is 5.33. The van der Waals surface area contributed by atoms with Crippen molar-refractivity contribution in [2.24, 2.45) is 17.8 Å². The smallest absolute Gasteiger partial charge is 0.223 e. The first-order valence-electron chi connectivity index (χ1n) is 12.0. The number of hydrogen-bond acceptors (Lipinski definition) is 4. The van der Waals surface area contributed by atoms with Gasteiger partial charge in [0.1, 0.15) is 12.2 Å². The quantitative estimate of drug-likeness (QED) is 0.577. The first-order valence-corrected chi connectivity index (χ1v) is 12.0. The number of hydrogen-bond donors (Lipinski definition) is 2. The molecule has 6 nitrogen and oxygen atoms in total. The van der Waals surface area contributed by atoms with Gasteiger partial charge in [0.25, 0.3) is 0 Å². The van der Waals surface area contributed by atoms with Crippen molar-refractivity contribution in [1.29, 1.82) is 0 Å². The number of carbonyl (C=O) groups excluding carboxylic acids is 2. The molecule has 0 bridgehead atoms. The third-order valence-electron chi connectivity index (χ3n) is 7.33. The molecule has 0 radical (unpaired) electrons. The second-order valence-electron chi connectivity index (χ2n) is 9.75. The van der Waals surface area contributed by atoms with E-state index < -0.39 is 0 Å². The summed E-state index contributed by atoms with van der Waals surface area (Å²) in [7, 11) is 0. The van der Waals surface area contributed by atoms with E-state index in [0.29, 0.717) is 25.6 Å². The van der Waals surface area contributed by atoms with Gasteiger partial charge in [0, 0.05) is 12.3 Å². The van der Waals surface area contributed by atoms with Gasteiger partial charge in [-0.05, 0) is 37.5 Å². The molecular formula is C23H38N2O4. The summed E-state index contributed by atoms with van der Waals surface area (Å²) in [5.41, 5.74) is 0. The fourth-order valence-electron chi connectivity index (χ4n) is 5.33. The summed E-state index contributed by atoms with van der Waals surface area (Å²) in [6.45, 7) is 3.21. The molecule has 0 aromatic carbocycles. The topological polar surface area (TPSA) is 76.7 Å². The second kappa shape index (κ2) is 9.78. The molecule has 2 saturated heterocycles. The van der Waals surface area contributed by atoms with Gasteiger partial charge in [-0.1, -0.05) is 45.4 Å². The van der Waals surface area contributed by atoms with E-state index in [1.165, 1.54) is 51.4 Å². The fraction of sp³-hybridized carbons (Fsp3) is 0.913. The number of ether oxygens (including phenoxy) is 2. The number of rotatable bonds is 9. The zero-order chi connectivity index (χ0) is 20.2. The largest absolute Gasteiger partial charge is 0.371 e. The standard InChI is InChI=1S/C23H38N2O4/c1-2-3-4-5-15-6-8-16(9-7-15)12-20(26)24-18-13-28-22-19(14-29-21(18)22)25-23(27)17-10-11-17/h15-19,21-22H,2-14H2,1H3,(H,24,26)(H,25,27)/t15?,16?,18-,19-,21+,22+/m0/s1. The van der Waals surface area contributed by atoms with Gasteiger partial charge < -0.3 is 20.1 Å². The molecule has 4 fully saturated rings. The Morgan fingerprint density at radius 1 is 0.828 bits per heavy atom. The Morgan fingerprint density at radius 2 is 1.45 bits per heavy atom. The maximum atomic E-state index is 12.6. The Kier molecular flexibility index (Phi) is 7.12. The summed E-state index contributed by atoms with van der Waals surface area (Å²) < 4.78 is 11.8. The molecule has 4 rings (SSSR count). The molecule has 4 atom stereocenters. The molecular weight excluding hydrogens is 368 g/mol. The Balaban J connectivity index is 1.16. The van der Waals surface area contributed by atoms with Crippen molar-refractivity contribution in [2.75, 3.05) is 13.2 Å². The van der Waals surface area contributed by atoms with E-state index in [0.717, 1.165) is 18.8 Å². The van der Waals surface area contributed by atoms with Crippen molar-refractivity contribution < 1.29 is 19.1 Å². The summed E-state index contributed by atoms with van der Waals surface area (Å²) in [6.07, 6.45) is 12.6. The second-order valence-corrected chi connectivity index (χ2v) is 9.75. The molecule has 2 amide bonds. The highest BCUT2D eigenvalue weighted by Gasteiger charge is 2.49. The van der Waals surface area contributed by atoms with Crippen LogP contribution in [-0.4, -0.2) is 49.3 Å². The van der Waals surface area contributed by atoms with Crippen molar-refractivity contribution in [3.8, 4) is 0 Å². The molecule has 0 aromatic rings. The molecule has 2 saturated carbocycles. The molecule has 2 aliphatic carbocycles. The lowest BCUT2D eigenvalue weighted by Crippen LogP contribution is -2.47. The van der Waals surface area contributed by atoms with Crippen LogP contribution in [0.25, 0.3) is 0 Å². The Bertz CT molecular complexity index is 571. The Labute approximate surface area is 174 Å². The molecule has 0 unspecified atom stereocenters. The van der Waals surface area contributed by atoms with Gasteiger partial charge in [-0.2, -0.15) is 0 Å². The van der Waals surface area contributed by atoms with Crippen LogP contribution < -0.4 is 10.6 Å². The Morgan fingerprint density at radius 3 is 2.07 bits per heavy atom. The zero-order valence-electron chi connectivity index (χ0n) is 17.9. The molecule has 0 aromatic heterocycles. The predicted octanol–water partition coefficient (Wildman–Crippen LogP) is 2.94. The van der Waals surface area contributed by atoms with Crippen LogP contribution in [0.5, 0.6) is 0 Å². The number of amides is 2. The van der Waals surface area contributed by atoms with E-state index in [9.17, 15) is 9.59 Å². The van der Waals surface area contributed by atoms with Gasteiger partial charge in [0.15, 0.2) is 0 Å². The van der Waals surface area contributed by atoms with E-state index in [4.69, 9.17) is 9.47 Å². The summed E-state index contributed by atoms with van der Waals surface area (Å²) >= 11 is 0. The van der Waals surface area contributed by atoms with E-state index in [2.05, 4.69) is 17.6 Å². The van der Waals surface area contributed by atoms with Gasteiger partial charge in [0.2, 0.25) is 11.8 Å². The zero-order valence-corrected chi connectivity index (χ0v) is 17.9. The molecule has 6 heteroatoms. The lowest BCUT2D eigenvalue weighted by Gasteiger charge is -2.28.